The molecule has 0 spiro atoms. The van der Waals surface area contributed by atoms with Crippen molar-refractivity contribution in [3.63, 3.8) is 0 Å². The Bertz CT molecular complexity index is 394. The molecule has 0 unspecified atom stereocenters. The molecule has 0 fully saturated rings. The summed E-state index contributed by atoms with van der Waals surface area (Å²) in [6, 6.07) is 6.02. The molecule has 1 aromatic carbocycles. The van der Waals surface area contributed by atoms with Gasteiger partial charge in [0.25, 0.3) is 0 Å². The van der Waals surface area contributed by atoms with Crippen LogP contribution in [0.15, 0.2) is 18.2 Å². The van der Waals surface area contributed by atoms with Crippen molar-refractivity contribution in [3.8, 4) is 5.75 Å². The highest BCUT2D eigenvalue weighted by molar-refractivity contribution is 5.43. The number of hydrogen-bond donors (Lipinski definition) is 1. The van der Waals surface area contributed by atoms with Crippen LogP contribution in [-0.4, -0.2) is 5.11 Å². The summed E-state index contributed by atoms with van der Waals surface area (Å²) in [6.45, 7) is 15.4. The van der Waals surface area contributed by atoms with Crippen molar-refractivity contribution < 1.29 is 5.11 Å². The number of phenolic OH excluding ortho intramolecular Hbond substituents is 1. The van der Waals surface area contributed by atoms with Gasteiger partial charge in [0, 0.05) is 5.56 Å². The molecular weight excluding hydrogens is 208 g/mol. The average Bonchev–Trinajstić information content (AvgIpc) is 2.15. The van der Waals surface area contributed by atoms with E-state index < -0.39 is 0 Å². The summed E-state index contributed by atoms with van der Waals surface area (Å²) in [4.78, 5) is 0. The van der Waals surface area contributed by atoms with E-state index in [9.17, 15) is 5.11 Å². The highest BCUT2D eigenvalue weighted by Crippen LogP contribution is 2.39. The van der Waals surface area contributed by atoms with Crippen molar-refractivity contribution in [2.75, 3.05) is 0 Å². The van der Waals surface area contributed by atoms with E-state index in [-0.39, 0.29) is 10.8 Å². The van der Waals surface area contributed by atoms with E-state index in [2.05, 4.69) is 54.5 Å². The fourth-order valence-electron chi connectivity index (χ4n) is 1.83. The van der Waals surface area contributed by atoms with E-state index >= 15 is 0 Å². The summed E-state index contributed by atoms with van der Waals surface area (Å²) in [6.07, 6.45) is 0. The second kappa shape index (κ2) is 4.36. The van der Waals surface area contributed by atoms with Gasteiger partial charge in [-0.3, -0.25) is 0 Å². The monoisotopic (exact) mass is 234 g/mol. The fourth-order valence-corrected chi connectivity index (χ4v) is 1.83. The van der Waals surface area contributed by atoms with Gasteiger partial charge in [-0.25, -0.2) is 0 Å². The van der Waals surface area contributed by atoms with Crippen molar-refractivity contribution in [1.29, 1.82) is 0 Å². The zero-order valence-corrected chi connectivity index (χ0v) is 12.3. The Labute approximate surface area is 106 Å². The lowest BCUT2D eigenvalue weighted by Crippen LogP contribution is -2.25. The van der Waals surface area contributed by atoms with E-state index in [0.717, 1.165) is 5.56 Å². The fraction of sp³-hybridized carbons (Fsp3) is 0.625. The zero-order chi connectivity index (χ0) is 13.4. The van der Waals surface area contributed by atoms with Crippen LogP contribution in [0.2, 0.25) is 0 Å². The van der Waals surface area contributed by atoms with Crippen LogP contribution in [-0.2, 0) is 10.8 Å². The van der Waals surface area contributed by atoms with Crippen LogP contribution in [0.3, 0.4) is 0 Å². The lowest BCUT2D eigenvalue weighted by Gasteiger charge is -2.32. The molecule has 0 aliphatic heterocycles. The van der Waals surface area contributed by atoms with E-state index in [1.807, 2.05) is 12.1 Å². The molecule has 1 rings (SSSR count). The predicted molar refractivity (Wildman–Crippen MR) is 74.7 cm³/mol. The summed E-state index contributed by atoms with van der Waals surface area (Å²) in [7, 11) is 0. The van der Waals surface area contributed by atoms with Gasteiger partial charge in [-0.15, -0.1) is 0 Å². The first-order valence-electron chi connectivity index (χ1n) is 6.41. The maximum Gasteiger partial charge on any atom is 0.119 e. The third kappa shape index (κ3) is 2.83. The van der Waals surface area contributed by atoms with Crippen LogP contribution in [0.25, 0.3) is 0 Å². The first kappa shape index (κ1) is 14.1. The SMILES string of the molecule is CC(C)C(C)(C)c1cc(C(C)(C)C)ccc1O. The Kier molecular flexibility index (Phi) is 3.61. The molecule has 0 radical (unpaired) electrons. The van der Waals surface area contributed by atoms with Crippen molar-refractivity contribution in [3.05, 3.63) is 29.3 Å². The van der Waals surface area contributed by atoms with Gasteiger partial charge in [0.05, 0.1) is 0 Å². The normalized spacial score (nSPS) is 13.2. The minimum absolute atomic E-state index is 0.00859. The van der Waals surface area contributed by atoms with Crippen LogP contribution >= 0.6 is 0 Å². The Morgan fingerprint density at radius 3 is 1.94 bits per heavy atom. The van der Waals surface area contributed by atoms with Crippen molar-refractivity contribution in [2.45, 2.75) is 59.3 Å². The summed E-state index contributed by atoms with van der Waals surface area (Å²) in [5.74, 6) is 0.903. The minimum atomic E-state index is -0.00859. The third-order valence-corrected chi connectivity index (χ3v) is 4.00. The first-order chi connectivity index (χ1) is 7.56. The number of benzene rings is 1. The van der Waals surface area contributed by atoms with Crippen molar-refractivity contribution in [2.24, 2.45) is 5.92 Å². The number of phenols is 1. The average molecular weight is 234 g/mol. The first-order valence-corrected chi connectivity index (χ1v) is 6.41. The second-order valence-corrected chi connectivity index (χ2v) is 6.86. The van der Waals surface area contributed by atoms with Gasteiger partial charge >= 0.3 is 0 Å². The van der Waals surface area contributed by atoms with Crippen LogP contribution in [0.5, 0.6) is 5.75 Å². The molecule has 0 saturated heterocycles. The summed E-state index contributed by atoms with van der Waals surface area (Å²) in [5, 5.41) is 10.1. The molecule has 0 saturated carbocycles. The molecule has 0 amide bonds. The van der Waals surface area contributed by atoms with Gasteiger partial charge in [-0.2, -0.15) is 0 Å². The quantitative estimate of drug-likeness (QED) is 0.791. The molecule has 17 heavy (non-hydrogen) atoms. The number of rotatable bonds is 2. The van der Waals surface area contributed by atoms with Gasteiger partial charge < -0.3 is 5.11 Å². The Balaban J connectivity index is 3.34. The predicted octanol–water partition coefficient (Wildman–Crippen LogP) is 4.62. The summed E-state index contributed by atoms with van der Waals surface area (Å²) in [5.41, 5.74) is 2.44. The molecule has 0 atom stereocenters. The lowest BCUT2D eigenvalue weighted by atomic mass is 9.73. The Morgan fingerprint density at radius 2 is 1.53 bits per heavy atom. The van der Waals surface area contributed by atoms with E-state index in [1.165, 1.54) is 5.56 Å². The summed E-state index contributed by atoms with van der Waals surface area (Å²) >= 11 is 0. The van der Waals surface area contributed by atoms with Gasteiger partial charge in [0.2, 0.25) is 0 Å². The number of aromatic hydroxyl groups is 1. The smallest absolute Gasteiger partial charge is 0.119 e. The van der Waals surface area contributed by atoms with Crippen LogP contribution in [0, 0.1) is 5.92 Å². The van der Waals surface area contributed by atoms with Gasteiger partial charge in [-0.05, 0) is 28.4 Å². The third-order valence-electron chi connectivity index (χ3n) is 4.00. The second-order valence-electron chi connectivity index (χ2n) is 6.86. The Hall–Kier alpha value is -0.980. The lowest BCUT2D eigenvalue weighted by molar-refractivity contribution is 0.351. The molecule has 0 heterocycles. The molecule has 0 aliphatic carbocycles. The Morgan fingerprint density at radius 1 is 1.00 bits per heavy atom. The molecule has 0 bridgehead atoms. The molecule has 0 aromatic heterocycles. The molecule has 1 nitrogen and oxygen atoms in total. The maximum atomic E-state index is 10.1. The van der Waals surface area contributed by atoms with Crippen LogP contribution in [0.4, 0.5) is 0 Å². The molecule has 0 aliphatic rings. The van der Waals surface area contributed by atoms with Gasteiger partial charge in [0.1, 0.15) is 5.75 Å². The largest absolute Gasteiger partial charge is 0.508 e. The molecule has 1 N–H and O–H groups in total. The van der Waals surface area contributed by atoms with E-state index in [1.54, 1.807) is 0 Å². The standard InChI is InChI=1S/C16H26O/c1-11(2)16(6,7)13-10-12(15(3,4)5)8-9-14(13)17/h8-11,17H,1-7H3. The number of hydrogen-bond acceptors (Lipinski definition) is 1. The van der Waals surface area contributed by atoms with Crippen molar-refractivity contribution in [1.82, 2.24) is 0 Å². The highest BCUT2D eigenvalue weighted by atomic mass is 16.3. The molecule has 96 valence electrons. The highest BCUT2D eigenvalue weighted by Gasteiger charge is 2.29. The summed E-state index contributed by atoms with van der Waals surface area (Å²) < 4.78 is 0. The van der Waals surface area contributed by atoms with Crippen molar-refractivity contribution >= 4 is 0 Å². The molecule has 1 heteroatoms. The van der Waals surface area contributed by atoms with E-state index in [4.69, 9.17) is 0 Å². The van der Waals surface area contributed by atoms with Gasteiger partial charge in [0.15, 0.2) is 0 Å². The van der Waals surface area contributed by atoms with E-state index in [0.29, 0.717) is 11.7 Å². The minimum Gasteiger partial charge on any atom is -0.508 e. The zero-order valence-electron chi connectivity index (χ0n) is 12.3. The molecule has 1 aromatic rings. The molecular formula is C16H26O. The van der Waals surface area contributed by atoms with Gasteiger partial charge in [-0.1, -0.05) is 60.6 Å². The topological polar surface area (TPSA) is 20.2 Å². The van der Waals surface area contributed by atoms with Crippen LogP contribution in [0.1, 0.15) is 59.6 Å². The maximum absolute atomic E-state index is 10.1. The van der Waals surface area contributed by atoms with Crippen LogP contribution < -0.4 is 0 Å².